The molecule has 0 spiro atoms. The van der Waals surface area contributed by atoms with Crippen molar-refractivity contribution in [2.24, 2.45) is 5.73 Å². The predicted octanol–water partition coefficient (Wildman–Crippen LogP) is 1.31. The van der Waals surface area contributed by atoms with Crippen LogP contribution in [-0.4, -0.2) is 39.9 Å². The lowest BCUT2D eigenvalue weighted by Gasteiger charge is -2.13. The Kier molecular flexibility index (Phi) is 7.99. The first-order chi connectivity index (χ1) is 11.3. The number of carboxylic acids is 1. The second kappa shape index (κ2) is 9.73. The van der Waals surface area contributed by atoms with E-state index in [0.29, 0.717) is 12.0 Å². The average molecular weight is 357 g/mol. The third-order valence-corrected chi connectivity index (χ3v) is 3.57. The summed E-state index contributed by atoms with van der Waals surface area (Å²) < 4.78 is 4.97. The van der Waals surface area contributed by atoms with E-state index in [1.165, 1.54) is 24.3 Å². The Balaban J connectivity index is 2.26. The highest BCUT2D eigenvalue weighted by Gasteiger charge is 2.14. The van der Waals surface area contributed by atoms with Gasteiger partial charge in [-0.15, -0.1) is 0 Å². The van der Waals surface area contributed by atoms with Gasteiger partial charge in [0.1, 0.15) is 12.6 Å². The maximum Gasteiger partial charge on any atom is 0.407 e. The second-order valence-corrected chi connectivity index (χ2v) is 5.79. The third kappa shape index (κ3) is 7.29. The molecule has 0 saturated heterocycles. The molecule has 0 bridgehead atoms. The molecule has 0 aliphatic carbocycles. The van der Waals surface area contributed by atoms with Crippen molar-refractivity contribution >= 4 is 30.4 Å². The molecule has 0 fully saturated rings. The number of nitrogens with one attached hydrogen (secondary N) is 1. The number of nitro benzene ring substituents is 1. The molecule has 2 atom stereocenters. The number of rotatable bonds is 9. The summed E-state index contributed by atoms with van der Waals surface area (Å²) >= 11 is 4.23. The lowest BCUT2D eigenvalue weighted by atomic mass is 10.1. The lowest BCUT2D eigenvalue weighted by molar-refractivity contribution is -0.384. The molecule has 0 aliphatic heterocycles. The fourth-order valence-electron chi connectivity index (χ4n) is 1.71. The van der Waals surface area contributed by atoms with Crippen molar-refractivity contribution in [1.82, 2.24) is 5.32 Å². The first kappa shape index (κ1) is 19.7. The van der Waals surface area contributed by atoms with E-state index in [-0.39, 0.29) is 30.5 Å². The van der Waals surface area contributed by atoms with Crippen LogP contribution in [0.4, 0.5) is 10.5 Å². The van der Waals surface area contributed by atoms with Crippen LogP contribution in [-0.2, 0) is 16.1 Å². The minimum atomic E-state index is -1.08. The number of carbonyl (C=O) groups is 2. The van der Waals surface area contributed by atoms with Crippen LogP contribution in [0.25, 0.3) is 0 Å². The maximum atomic E-state index is 11.5. The van der Waals surface area contributed by atoms with Crippen LogP contribution in [0.15, 0.2) is 24.3 Å². The fourth-order valence-corrected chi connectivity index (χ4v) is 1.95. The highest BCUT2D eigenvalue weighted by atomic mass is 32.1. The molecule has 9 nitrogen and oxygen atoms in total. The van der Waals surface area contributed by atoms with Crippen LogP contribution in [0.2, 0.25) is 0 Å². The molecule has 1 unspecified atom stereocenters. The Bertz CT molecular complexity index is 580. The van der Waals surface area contributed by atoms with Gasteiger partial charge in [-0.3, -0.25) is 14.9 Å². The number of aliphatic carboxylic acids is 1. The summed E-state index contributed by atoms with van der Waals surface area (Å²) in [6, 6.07) is 4.70. The molecule has 24 heavy (non-hydrogen) atoms. The zero-order valence-corrected chi connectivity index (χ0v) is 13.6. The van der Waals surface area contributed by atoms with E-state index in [9.17, 15) is 19.7 Å². The second-order valence-electron chi connectivity index (χ2n) is 5.06. The average Bonchev–Trinajstić information content (AvgIpc) is 2.56. The van der Waals surface area contributed by atoms with E-state index >= 15 is 0 Å². The van der Waals surface area contributed by atoms with E-state index in [1.807, 2.05) is 0 Å². The number of hydrogen-bond donors (Lipinski definition) is 4. The summed E-state index contributed by atoms with van der Waals surface area (Å²) in [6.07, 6.45) is 0.0253. The normalized spacial score (nSPS) is 12.9. The van der Waals surface area contributed by atoms with Crippen molar-refractivity contribution in [3.8, 4) is 0 Å². The van der Waals surface area contributed by atoms with Gasteiger partial charge in [-0.25, -0.2) is 4.79 Å². The van der Waals surface area contributed by atoms with E-state index in [0.717, 1.165) is 0 Å². The number of carboxylic acid groups (broad SMARTS) is 1. The lowest BCUT2D eigenvalue weighted by Crippen LogP contribution is -2.33. The van der Waals surface area contributed by atoms with Crippen LogP contribution in [0.5, 0.6) is 0 Å². The molecule has 0 aromatic heterocycles. The van der Waals surface area contributed by atoms with Crippen LogP contribution in [0.1, 0.15) is 18.4 Å². The quantitative estimate of drug-likeness (QED) is 0.296. The van der Waals surface area contributed by atoms with E-state index in [2.05, 4.69) is 17.9 Å². The number of alkyl carbamates (subject to hydrolysis) is 1. The van der Waals surface area contributed by atoms with Crippen molar-refractivity contribution in [3.63, 3.8) is 0 Å². The van der Waals surface area contributed by atoms with Gasteiger partial charge in [0.05, 0.1) is 4.92 Å². The summed E-state index contributed by atoms with van der Waals surface area (Å²) in [5.41, 5.74) is 5.95. The Labute approximate surface area is 143 Å². The van der Waals surface area contributed by atoms with E-state index < -0.39 is 23.0 Å². The molecule has 1 amide bonds. The maximum absolute atomic E-state index is 11.5. The number of nitrogens with two attached hydrogens (primary N) is 1. The van der Waals surface area contributed by atoms with Gasteiger partial charge in [0.2, 0.25) is 0 Å². The molecule has 0 radical (unpaired) electrons. The number of benzene rings is 1. The van der Waals surface area contributed by atoms with Crippen molar-refractivity contribution in [3.05, 3.63) is 39.9 Å². The molecular formula is C14H19N3O6S. The molecular weight excluding hydrogens is 338 g/mol. The number of nitro groups is 1. The summed E-state index contributed by atoms with van der Waals surface area (Å²) in [4.78, 5) is 32.1. The predicted molar refractivity (Wildman–Crippen MR) is 88.9 cm³/mol. The minimum Gasteiger partial charge on any atom is -0.480 e. The van der Waals surface area contributed by atoms with Crippen molar-refractivity contribution in [1.29, 1.82) is 0 Å². The SMILES string of the molecule is N[C@@H](CCC(S)CNC(=O)OCc1ccc([N+](=O)[O-])cc1)C(=O)O. The topological polar surface area (TPSA) is 145 Å². The van der Waals surface area contributed by atoms with Crippen molar-refractivity contribution in [2.45, 2.75) is 30.7 Å². The Morgan fingerprint density at radius 2 is 1.96 bits per heavy atom. The number of ether oxygens (including phenoxy) is 1. The zero-order chi connectivity index (χ0) is 18.1. The van der Waals surface area contributed by atoms with Crippen LogP contribution >= 0.6 is 12.6 Å². The third-order valence-electron chi connectivity index (χ3n) is 3.13. The van der Waals surface area contributed by atoms with Gasteiger partial charge in [-0.2, -0.15) is 12.6 Å². The van der Waals surface area contributed by atoms with Gasteiger partial charge >= 0.3 is 12.1 Å². The number of hydrogen-bond acceptors (Lipinski definition) is 7. The highest BCUT2D eigenvalue weighted by Crippen LogP contribution is 2.12. The molecule has 1 rings (SSSR count). The molecule has 1 aromatic carbocycles. The van der Waals surface area contributed by atoms with Gasteiger partial charge in [0.25, 0.3) is 5.69 Å². The van der Waals surface area contributed by atoms with Crippen molar-refractivity contribution < 1.29 is 24.4 Å². The van der Waals surface area contributed by atoms with Gasteiger partial charge in [0.15, 0.2) is 0 Å². The van der Waals surface area contributed by atoms with Crippen LogP contribution in [0, 0.1) is 10.1 Å². The molecule has 1 aromatic rings. The van der Waals surface area contributed by atoms with Crippen LogP contribution in [0.3, 0.4) is 0 Å². The van der Waals surface area contributed by atoms with Gasteiger partial charge in [-0.1, -0.05) is 0 Å². The summed E-state index contributed by atoms with van der Waals surface area (Å²) in [5, 5.41) is 21.4. The number of amides is 1. The molecule has 132 valence electrons. The van der Waals surface area contributed by atoms with Crippen molar-refractivity contribution in [2.75, 3.05) is 6.54 Å². The fraction of sp³-hybridized carbons (Fsp3) is 0.429. The number of thiol groups is 1. The molecule has 0 heterocycles. The van der Waals surface area contributed by atoms with E-state index in [1.54, 1.807) is 0 Å². The minimum absolute atomic E-state index is 0.0229. The van der Waals surface area contributed by atoms with Gasteiger partial charge in [0, 0.05) is 23.9 Å². The zero-order valence-electron chi connectivity index (χ0n) is 12.8. The first-order valence-corrected chi connectivity index (χ1v) is 7.61. The smallest absolute Gasteiger partial charge is 0.407 e. The standard InChI is InChI=1S/C14H19N3O6S/c15-12(13(18)19)6-5-11(24)7-16-14(20)23-8-9-1-3-10(4-2-9)17(21)22/h1-4,11-12,24H,5-8,15H2,(H,16,20)(H,18,19)/t11?,12-/m0/s1. The Morgan fingerprint density at radius 3 is 2.50 bits per heavy atom. The summed E-state index contributed by atoms with van der Waals surface area (Å²) in [5.74, 6) is -1.08. The monoisotopic (exact) mass is 357 g/mol. The largest absolute Gasteiger partial charge is 0.480 e. The highest BCUT2D eigenvalue weighted by molar-refractivity contribution is 7.81. The Morgan fingerprint density at radius 1 is 1.33 bits per heavy atom. The Hall–Kier alpha value is -2.33. The van der Waals surface area contributed by atoms with Gasteiger partial charge in [-0.05, 0) is 30.5 Å². The molecule has 4 N–H and O–H groups in total. The summed E-state index contributed by atoms with van der Waals surface area (Å²) in [7, 11) is 0. The number of non-ortho nitro benzene ring substituents is 1. The molecule has 0 aliphatic rings. The first-order valence-electron chi connectivity index (χ1n) is 7.10. The van der Waals surface area contributed by atoms with Gasteiger partial charge < -0.3 is 20.9 Å². The van der Waals surface area contributed by atoms with E-state index in [4.69, 9.17) is 15.6 Å². The molecule has 10 heteroatoms. The van der Waals surface area contributed by atoms with Crippen LogP contribution < -0.4 is 11.1 Å². The number of carbonyl (C=O) groups excluding carboxylic acids is 1. The molecule has 0 saturated carbocycles. The number of nitrogens with zero attached hydrogens (tertiary/aromatic N) is 1. The summed E-state index contributed by atoms with van der Waals surface area (Å²) in [6.45, 7) is 0.180.